The number of methoxy groups -OCH3 is 2. The molecule has 1 aromatic carbocycles. The van der Waals surface area contributed by atoms with Crippen LogP contribution in [0.2, 0.25) is 0 Å². The summed E-state index contributed by atoms with van der Waals surface area (Å²) in [6.07, 6.45) is 0.0123. The molecule has 0 amide bonds. The molecular formula is C17H15BrF2N2O3. The molecule has 0 saturated carbocycles. The van der Waals surface area contributed by atoms with Crippen LogP contribution in [-0.2, 0) is 0 Å². The fourth-order valence-corrected chi connectivity index (χ4v) is 3.16. The molecule has 2 aromatic heterocycles. The standard InChI is InChI=1S/C17H15BrF2N2O3/c1-7-12(9-4-8(18)6-21-17(9)22-7)16(23)13-14(19)10(24-2)5-11(25-3)15(13)20/h4-6,16,23H,1-3H3,(H,21,22). The SMILES string of the molecule is COc1cc(OC)c(F)c(C(O)c2c(C)[nH]c3ncc(Br)cc23)c1F. The van der Waals surface area contributed by atoms with Crippen molar-refractivity contribution in [3.8, 4) is 11.5 Å². The maximum absolute atomic E-state index is 14.7. The number of pyridine rings is 1. The minimum Gasteiger partial charge on any atom is -0.494 e. The maximum atomic E-state index is 14.7. The van der Waals surface area contributed by atoms with Crippen LogP contribution in [0.3, 0.4) is 0 Å². The molecule has 0 radical (unpaired) electrons. The molecule has 0 saturated heterocycles. The number of aliphatic hydroxyl groups is 1. The van der Waals surface area contributed by atoms with Crippen molar-refractivity contribution in [2.45, 2.75) is 13.0 Å². The van der Waals surface area contributed by atoms with Gasteiger partial charge in [-0.15, -0.1) is 0 Å². The lowest BCUT2D eigenvalue weighted by Crippen LogP contribution is -2.09. The van der Waals surface area contributed by atoms with Crippen LogP contribution in [0.15, 0.2) is 22.8 Å². The van der Waals surface area contributed by atoms with E-state index in [2.05, 4.69) is 25.9 Å². The van der Waals surface area contributed by atoms with E-state index in [1.165, 1.54) is 14.2 Å². The topological polar surface area (TPSA) is 67.4 Å². The highest BCUT2D eigenvalue weighted by atomic mass is 79.9. The number of aryl methyl sites for hydroxylation is 1. The Labute approximate surface area is 150 Å². The van der Waals surface area contributed by atoms with Crippen LogP contribution in [0.1, 0.15) is 22.9 Å². The normalized spacial score (nSPS) is 12.4. The molecule has 0 bridgehead atoms. The van der Waals surface area contributed by atoms with Crippen molar-refractivity contribution >= 4 is 27.0 Å². The predicted octanol–water partition coefficient (Wildman–Crippen LogP) is 4.01. The summed E-state index contributed by atoms with van der Waals surface area (Å²) in [6, 6.07) is 2.82. The van der Waals surface area contributed by atoms with Crippen molar-refractivity contribution in [2.24, 2.45) is 0 Å². The fourth-order valence-electron chi connectivity index (χ4n) is 2.83. The highest BCUT2D eigenvalue weighted by Crippen LogP contribution is 2.40. The second kappa shape index (κ2) is 6.61. The molecule has 3 rings (SSSR count). The summed E-state index contributed by atoms with van der Waals surface area (Å²) in [6.45, 7) is 1.70. The zero-order valence-electron chi connectivity index (χ0n) is 13.7. The van der Waals surface area contributed by atoms with E-state index in [4.69, 9.17) is 9.47 Å². The Balaban J connectivity index is 2.28. The van der Waals surface area contributed by atoms with Crippen LogP contribution in [0.5, 0.6) is 11.5 Å². The number of halogens is 3. The lowest BCUT2D eigenvalue weighted by Gasteiger charge is -2.17. The van der Waals surface area contributed by atoms with E-state index >= 15 is 0 Å². The van der Waals surface area contributed by atoms with Gasteiger partial charge >= 0.3 is 0 Å². The van der Waals surface area contributed by atoms with Crippen molar-refractivity contribution in [1.82, 2.24) is 9.97 Å². The second-order valence-electron chi connectivity index (χ2n) is 5.44. The van der Waals surface area contributed by atoms with Gasteiger partial charge in [-0.1, -0.05) is 0 Å². The Morgan fingerprint density at radius 1 is 1.12 bits per heavy atom. The van der Waals surface area contributed by atoms with E-state index in [-0.39, 0.29) is 11.5 Å². The molecular weight excluding hydrogens is 398 g/mol. The van der Waals surface area contributed by atoms with Gasteiger partial charge in [0.05, 0.1) is 19.8 Å². The van der Waals surface area contributed by atoms with Gasteiger partial charge in [0.2, 0.25) is 0 Å². The summed E-state index contributed by atoms with van der Waals surface area (Å²) >= 11 is 3.31. The molecule has 0 fully saturated rings. The molecule has 25 heavy (non-hydrogen) atoms. The van der Waals surface area contributed by atoms with Crippen LogP contribution in [0.4, 0.5) is 8.78 Å². The number of hydrogen-bond donors (Lipinski definition) is 2. The highest BCUT2D eigenvalue weighted by molar-refractivity contribution is 9.10. The Bertz CT molecular complexity index is 931. The van der Waals surface area contributed by atoms with Crippen molar-refractivity contribution in [2.75, 3.05) is 14.2 Å². The monoisotopic (exact) mass is 412 g/mol. The number of H-pyrrole nitrogens is 1. The zero-order chi connectivity index (χ0) is 18.3. The summed E-state index contributed by atoms with van der Waals surface area (Å²) < 4.78 is 39.9. The maximum Gasteiger partial charge on any atom is 0.174 e. The number of nitrogens with zero attached hydrogens (tertiary/aromatic N) is 1. The largest absolute Gasteiger partial charge is 0.494 e. The third-order valence-electron chi connectivity index (χ3n) is 4.01. The van der Waals surface area contributed by atoms with Crippen molar-refractivity contribution < 1.29 is 23.4 Å². The number of fused-ring (bicyclic) bond motifs is 1. The average Bonchev–Trinajstić information content (AvgIpc) is 2.90. The minimum absolute atomic E-state index is 0.218. The van der Waals surface area contributed by atoms with Gasteiger partial charge in [-0.25, -0.2) is 13.8 Å². The van der Waals surface area contributed by atoms with Crippen LogP contribution in [0.25, 0.3) is 11.0 Å². The van der Waals surface area contributed by atoms with Crippen molar-refractivity contribution in [3.63, 3.8) is 0 Å². The van der Waals surface area contributed by atoms with E-state index in [0.717, 1.165) is 6.07 Å². The zero-order valence-corrected chi connectivity index (χ0v) is 15.2. The fraction of sp³-hybridized carbons (Fsp3) is 0.235. The molecule has 5 nitrogen and oxygen atoms in total. The highest BCUT2D eigenvalue weighted by Gasteiger charge is 2.29. The minimum atomic E-state index is -1.58. The van der Waals surface area contributed by atoms with Crippen molar-refractivity contribution in [1.29, 1.82) is 0 Å². The van der Waals surface area contributed by atoms with Crippen LogP contribution < -0.4 is 9.47 Å². The van der Waals surface area contributed by atoms with Gasteiger partial charge in [-0.05, 0) is 28.9 Å². The predicted molar refractivity (Wildman–Crippen MR) is 92.1 cm³/mol. The number of benzene rings is 1. The first-order valence-electron chi connectivity index (χ1n) is 7.30. The Kier molecular flexibility index (Phi) is 4.66. The molecule has 1 unspecified atom stereocenters. The van der Waals surface area contributed by atoms with Gasteiger partial charge in [-0.3, -0.25) is 0 Å². The lowest BCUT2D eigenvalue weighted by atomic mass is 9.97. The first kappa shape index (κ1) is 17.6. The molecule has 8 heteroatoms. The quantitative estimate of drug-likeness (QED) is 0.679. The average molecular weight is 413 g/mol. The number of aromatic amines is 1. The van der Waals surface area contributed by atoms with E-state index < -0.39 is 23.3 Å². The van der Waals surface area contributed by atoms with E-state index in [9.17, 15) is 13.9 Å². The second-order valence-corrected chi connectivity index (χ2v) is 6.35. The summed E-state index contributed by atoms with van der Waals surface area (Å²) in [4.78, 5) is 7.20. The summed E-state index contributed by atoms with van der Waals surface area (Å²) in [5, 5.41) is 11.4. The van der Waals surface area contributed by atoms with Gasteiger partial charge in [0.1, 0.15) is 11.8 Å². The smallest absolute Gasteiger partial charge is 0.174 e. The number of ether oxygens (including phenoxy) is 2. The number of nitrogens with one attached hydrogen (secondary N) is 1. The van der Waals surface area contributed by atoms with Crippen LogP contribution in [-0.4, -0.2) is 29.3 Å². The van der Waals surface area contributed by atoms with Gasteiger partial charge < -0.3 is 19.6 Å². The third-order valence-corrected chi connectivity index (χ3v) is 4.44. The summed E-state index contributed by atoms with van der Waals surface area (Å²) in [7, 11) is 2.51. The van der Waals surface area contributed by atoms with Gasteiger partial charge in [0.25, 0.3) is 0 Å². The lowest BCUT2D eigenvalue weighted by molar-refractivity contribution is 0.205. The van der Waals surface area contributed by atoms with Gasteiger partial charge in [0.15, 0.2) is 23.1 Å². The molecule has 0 spiro atoms. The summed E-state index contributed by atoms with van der Waals surface area (Å²) in [5.74, 6) is -2.40. The third kappa shape index (κ3) is 2.85. The number of hydrogen-bond acceptors (Lipinski definition) is 4. The molecule has 0 aliphatic rings. The molecule has 132 valence electrons. The molecule has 2 N–H and O–H groups in total. The number of aromatic nitrogens is 2. The first-order chi connectivity index (χ1) is 11.9. The van der Waals surface area contributed by atoms with Gasteiger partial charge in [0, 0.05) is 33.4 Å². The number of rotatable bonds is 4. The van der Waals surface area contributed by atoms with Crippen LogP contribution >= 0.6 is 15.9 Å². The molecule has 3 aromatic rings. The number of aliphatic hydroxyl groups excluding tert-OH is 1. The molecule has 1 atom stereocenters. The molecule has 0 aliphatic carbocycles. The van der Waals surface area contributed by atoms with Crippen LogP contribution in [0, 0.1) is 18.6 Å². The van der Waals surface area contributed by atoms with Gasteiger partial charge in [-0.2, -0.15) is 0 Å². The van der Waals surface area contributed by atoms with Crippen molar-refractivity contribution in [3.05, 3.63) is 51.3 Å². The van der Waals surface area contributed by atoms with E-state index in [1.54, 1.807) is 19.2 Å². The van der Waals surface area contributed by atoms with E-state index in [0.29, 0.717) is 26.8 Å². The molecule has 0 aliphatic heterocycles. The Morgan fingerprint density at radius 2 is 1.72 bits per heavy atom. The Morgan fingerprint density at radius 3 is 2.28 bits per heavy atom. The molecule has 2 heterocycles. The van der Waals surface area contributed by atoms with E-state index in [1.807, 2.05) is 0 Å². The summed E-state index contributed by atoms with van der Waals surface area (Å²) in [5.41, 5.74) is 0.844. The Hall–Kier alpha value is -2.19. The first-order valence-corrected chi connectivity index (χ1v) is 8.10.